The molecule has 0 bridgehead atoms. The van der Waals surface area contributed by atoms with Crippen molar-refractivity contribution in [2.45, 2.75) is 33.7 Å². The fourth-order valence-electron chi connectivity index (χ4n) is 1.81. The first-order valence-corrected chi connectivity index (χ1v) is 6.06. The second kappa shape index (κ2) is 5.16. The first kappa shape index (κ1) is 12.5. The molecule has 0 N–H and O–H groups in total. The van der Waals surface area contributed by atoms with Crippen molar-refractivity contribution in [1.29, 1.82) is 0 Å². The van der Waals surface area contributed by atoms with Crippen molar-refractivity contribution in [3.8, 4) is 0 Å². The van der Waals surface area contributed by atoms with Crippen molar-refractivity contribution in [1.82, 2.24) is 15.1 Å². The second-order valence-electron chi connectivity index (χ2n) is 4.40. The van der Waals surface area contributed by atoms with Gasteiger partial charge in [-0.1, -0.05) is 12.1 Å². The highest BCUT2D eigenvalue weighted by Gasteiger charge is 2.09. The summed E-state index contributed by atoms with van der Waals surface area (Å²) in [5.74, 6) is 2.54. The lowest BCUT2D eigenvalue weighted by atomic mass is 10.3. The minimum atomic E-state index is 0.678. The first-order chi connectivity index (χ1) is 8.58. The number of anilines is 1. The number of hydrogen-bond donors (Lipinski definition) is 0. The molecule has 18 heavy (non-hydrogen) atoms. The standard InChI is InChI=1S/C13H18N4O/c1-5-11-7-13(15-10(3)14-11)17(4)8-12-6-9(2)18-16-12/h6-7H,5,8H2,1-4H3. The van der Waals surface area contributed by atoms with Crippen molar-refractivity contribution < 1.29 is 4.52 Å². The monoisotopic (exact) mass is 246 g/mol. The second-order valence-corrected chi connectivity index (χ2v) is 4.40. The lowest BCUT2D eigenvalue weighted by Gasteiger charge is -2.17. The van der Waals surface area contributed by atoms with E-state index in [-0.39, 0.29) is 0 Å². The molecule has 0 saturated heterocycles. The summed E-state index contributed by atoms with van der Waals surface area (Å²) in [6, 6.07) is 3.95. The fraction of sp³-hybridized carbons (Fsp3) is 0.462. The highest BCUT2D eigenvalue weighted by molar-refractivity contribution is 5.39. The van der Waals surface area contributed by atoms with Crippen LogP contribution < -0.4 is 4.90 Å². The highest BCUT2D eigenvalue weighted by Crippen LogP contribution is 2.14. The summed E-state index contributed by atoms with van der Waals surface area (Å²) in [4.78, 5) is 10.9. The van der Waals surface area contributed by atoms with Crippen LogP contribution in [0.15, 0.2) is 16.7 Å². The third kappa shape index (κ3) is 2.85. The Bertz CT molecular complexity index is 536. The molecular weight excluding hydrogens is 228 g/mol. The van der Waals surface area contributed by atoms with E-state index in [1.54, 1.807) is 0 Å². The van der Waals surface area contributed by atoms with Crippen LogP contribution in [0.3, 0.4) is 0 Å². The number of hydrogen-bond acceptors (Lipinski definition) is 5. The Hall–Kier alpha value is -1.91. The van der Waals surface area contributed by atoms with Crippen LogP contribution in [0, 0.1) is 13.8 Å². The van der Waals surface area contributed by atoms with Crippen LogP contribution in [0.1, 0.15) is 29.9 Å². The number of nitrogens with zero attached hydrogens (tertiary/aromatic N) is 4. The minimum Gasteiger partial charge on any atom is -0.361 e. The van der Waals surface area contributed by atoms with Gasteiger partial charge in [-0.25, -0.2) is 9.97 Å². The van der Waals surface area contributed by atoms with Gasteiger partial charge in [0.1, 0.15) is 23.1 Å². The normalized spacial score (nSPS) is 10.7. The van der Waals surface area contributed by atoms with E-state index in [1.807, 2.05) is 37.9 Å². The Balaban J connectivity index is 2.17. The zero-order valence-corrected chi connectivity index (χ0v) is 11.3. The van der Waals surface area contributed by atoms with Gasteiger partial charge >= 0.3 is 0 Å². The summed E-state index contributed by atoms with van der Waals surface area (Å²) in [7, 11) is 1.99. The first-order valence-electron chi connectivity index (χ1n) is 6.06. The van der Waals surface area contributed by atoms with Gasteiger partial charge < -0.3 is 9.42 Å². The number of aryl methyl sites for hydroxylation is 3. The molecule has 5 heteroatoms. The van der Waals surface area contributed by atoms with Gasteiger partial charge in [0.25, 0.3) is 0 Å². The van der Waals surface area contributed by atoms with Crippen LogP contribution in [-0.2, 0) is 13.0 Å². The summed E-state index contributed by atoms with van der Waals surface area (Å²) in [5.41, 5.74) is 1.96. The Morgan fingerprint density at radius 2 is 1.94 bits per heavy atom. The summed E-state index contributed by atoms with van der Waals surface area (Å²) in [6.45, 7) is 6.57. The molecular formula is C13H18N4O. The van der Waals surface area contributed by atoms with E-state index < -0.39 is 0 Å². The van der Waals surface area contributed by atoms with E-state index in [4.69, 9.17) is 4.52 Å². The van der Waals surface area contributed by atoms with E-state index in [2.05, 4.69) is 22.0 Å². The van der Waals surface area contributed by atoms with Gasteiger partial charge in [-0.3, -0.25) is 0 Å². The highest BCUT2D eigenvalue weighted by atomic mass is 16.5. The Morgan fingerprint density at radius 3 is 2.56 bits per heavy atom. The van der Waals surface area contributed by atoms with Crippen LogP contribution in [0.4, 0.5) is 5.82 Å². The average molecular weight is 246 g/mol. The molecule has 96 valence electrons. The van der Waals surface area contributed by atoms with Crippen LogP contribution in [-0.4, -0.2) is 22.2 Å². The van der Waals surface area contributed by atoms with Crippen LogP contribution in [0.5, 0.6) is 0 Å². The Morgan fingerprint density at radius 1 is 1.17 bits per heavy atom. The number of aromatic nitrogens is 3. The molecule has 0 fully saturated rings. The molecule has 0 aromatic carbocycles. The summed E-state index contributed by atoms with van der Waals surface area (Å²) in [6.07, 6.45) is 0.910. The van der Waals surface area contributed by atoms with E-state index in [0.29, 0.717) is 6.54 Å². The van der Waals surface area contributed by atoms with Crippen LogP contribution in [0.25, 0.3) is 0 Å². The van der Waals surface area contributed by atoms with Gasteiger partial charge in [-0.05, 0) is 20.3 Å². The molecule has 0 amide bonds. The fourth-order valence-corrected chi connectivity index (χ4v) is 1.81. The molecule has 2 aromatic heterocycles. The molecule has 2 aromatic rings. The SMILES string of the molecule is CCc1cc(N(C)Cc2cc(C)on2)nc(C)n1. The van der Waals surface area contributed by atoms with Gasteiger partial charge in [0, 0.05) is 24.9 Å². The van der Waals surface area contributed by atoms with E-state index in [1.165, 1.54) is 0 Å². The lowest BCUT2D eigenvalue weighted by Crippen LogP contribution is -2.19. The average Bonchev–Trinajstić information content (AvgIpc) is 2.73. The maximum absolute atomic E-state index is 5.06. The van der Waals surface area contributed by atoms with Gasteiger partial charge in [0.05, 0.1) is 6.54 Å². The third-order valence-electron chi connectivity index (χ3n) is 2.71. The van der Waals surface area contributed by atoms with Gasteiger partial charge in [0.2, 0.25) is 0 Å². The van der Waals surface area contributed by atoms with Crippen molar-refractivity contribution in [2.24, 2.45) is 0 Å². The molecule has 0 aliphatic carbocycles. The summed E-state index contributed by atoms with van der Waals surface area (Å²) < 4.78 is 5.06. The zero-order chi connectivity index (χ0) is 13.1. The Kier molecular flexibility index (Phi) is 3.60. The van der Waals surface area contributed by atoms with E-state index in [0.717, 1.165) is 35.2 Å². The van der Waals surface area contributed by atoms with Gasteiger partial charge in [-0.15, -0.1) is 0 Å². The smallest absolute Gasteiger partial charge is 0.133 e. The maximum atomic E-state index is 5.06. The Labute approximate surface area is 107 Å². The van der Waals surface area contributed by atoms with Crippen LogP contribution in [0.2, 0.25) is 0 Å². The molecule has 0 saturated carbocycles. The number of rotatable bonds is 4. The molecule has 0 aliphatic rings. The quantitative estimate of drug-likeness (QED) is 0.828. The van der Waals surface area contributed by atoms with Crippen LogP contribution >= 0.6 is 0 Å². The zero-order valence-electron chi connectivity index (χ0n) is 11.3. The van der Waals surface area contributed by atoms with Crippen molar-refractivity contribution in [3.05, 3.63) is 35.1 Å². The molecule has 2 rings (SSSR count). The molecule has 0 aliphatic heterocycles. The molecule has 0 spiro atoms. The molecule has 2 heterocycles. The summed E-state index contributed by atoms with van der Waals surface area (Å²) in [5, 5.41) is 3.99. The predicted molar refractivity (Wildman–Crippen MR) is 69.5 cm³/mol. The largest absolute Gasteiger partial charge is 0.361 e. The van der Waals surface area contributed by atoms with Crippen molar-refractivity contribution in [2.75, 3.05) is 11.9 Å². The van der Waals surface area contributed by atoms with Crippen molar-refractivity contribution >= 4 is 5.82 Å². The molecule has 0 atom stereocenters. The van der Waals surface area contributed by atoms with Crippen molar-refractivity contribution in [3.63, 3.8) is 0 Å². The lowest BCUT2D eigenvalue weighted by molar-refractivity contribution is 0.390. The molecule has 5 nitrogen and oxygen atoms in total. The molecule has 0 radical (unpaired) electrons. The predicted octanol–water partition coefficient (Wildman–Crippen LogP) is 2.28. The topological polar surface area (TPSA) is 55.1 Å². The maximum Gasteiger partial charge on any atom is 0.133 e. The van der Waals surface area contributed by atoms with Gasteiger partial charge in [-0.2, -0.15) is 0 Å². The van der Waals surface area contributed by atoms with E-state index in [9.17, 15) is 0 Å². The third-order valence-corrected chi connectivity index (χ3v) is 2.71. The van der Waals surface area contributed by atoms with E-state index >= 15 is 0 Å². The molecule has 0 unspecified atom stereocenters. The summed E-state index contributed by atoms with van der Waals surface area (Å²) >= 11 is 0. The minimum absolute atomic E-state index is 0.678. The van der Waals surface area contributed by atoms with Gasteiger partial charge in [0.15, 0.2) is 0 Å².